The molecule has 1 unspecified atom stereocenters. The average Bonchev–Trinajstić information content (AvgIpc) is 2.74. The Morgan fingerprint density at radius 2 is 2.28 bits per heavy atom. The summed E-state index contributed by atoms with van der Waals surface area (Å²) in [7, 11) is 0. The zero-order valence-corrected chi connectivity index (χ0v) is 10.5. The fourth-order valence-electron chi connectivity index (χ4n) is 2.36. The highest BCUT2D eigenvalue weighted by Gasteiger charge is 2.34. The molecule has 98 valence electrons. The molecule has 0 N–H and O–H groups in total. The number of aromatic nitrogens is 2. The zero-order chi connectivity index (χ0) is 12.5. The standard InChI is InChI=1S/C12H17N3O3/c1-8-13-11(18-14-8)10-7-15(5-6-17-10)12(16)9-3-2-4-9/h9-10H,2-7H2,1H3. The molecule has 0 radical (unpaired) electrons. The van der Waals surface area contributed by atoms with Crippen LogP contribution in [-0.2, 0) is 9.53 Å². The van der Waals surface area contributed by atoms with Crippen LogP contribution in [0.4, 0.5) is 0 Å². The summed E-state index contributed by atoms with van der Waals surface area (Å²) < 4.78 is 10.7. The third-order valence-corrected chi connectivity index (χ3v) is 3.65. The molecule has 1 aliphatic heterocycles. The summed E-state index contributed by atoms with van der Waals surface area (Å²) in [5.41, 5.74) is 0. The number of morpholine rings is 1. The predicted molar refractivity (Wildman–Crippen MR) is 61.6 cm³/mol. The van der Waals surface area contributed by atoms with Gasteiger partial charge in [0, 0.05) is 12.5 Å². The molecule has 1 aliphatic carbocycles. The van der Waals surface area contributed by atoms with Crippen molar-refractivity contribution < 1.29 is 14.1 Å². The second-order valence-electron chi connectivity index (χ2n) is 4.95. The number of hydrogen-bond acceptors (Lipinski definition) is 5. The lowest BCUT2D eigenvalue weighted by Crippen LogP contribution is -2.46. The summed E-state index contributed by atoms with van der Waals surface area (Å²) >= 11 is 0. The van der Waals surface area contributed by atoms with E-state index in [1.54, 1.807) is 6.92 Å². The Bertz CT molecular complexity index is 442. The Kier molecular flexibility index (Phi) is 3.03. The molecule has 2 fully saturated rings. The van der Waals surface area contributed by atoms with Crippen LogP contribution in [0.5, 0.6) is 0 Å². The number of nitrogens with zero attached hydrogens (tertiary/aromatic N) is 3. The van der Waals surface area contributed by atoms with Crippen molar-refractivity contribution in [2.75, 3.05) is 19.7 Å². The van der Waals surface area contributed by atoms with E-state index in [1.165, 1.54) is 6.42 Å². The number of rotatable bonds is 2. The maximum Gasteiger partial charge on any atom is 0.257 e. The second-order valence-corrected chi connectivity index (χ2v) is 4.95. The number of carbonyl (C=O) groups excluding carboxylic acids is 1. The first kappa shape index (κ1) is 11.6. The SMILES string of the molecule is Cc1noc(C2CN(C(=O)C3CCC3)CCO2)n1. The van der Waals surface area contributed by atoms with E-state index < -0.39 is 0 Å². The van der Waals surface area contributed by atoms with Gasteiger partial charge in [-0.25, -0.2) is 0 Å². The Morgan fingerprint density at radius 1 is 1.44 bits per heavy atom. The Morgan fingerprint density at radius 3 is 2.89 bits per heavy atom. The van der Waals surface area contributed by atoms with Crippen molar-refractivity contribution in [1.82, 2.24) is 15.0 Å². The van der Waals surface area contributed by atoms with Gasteiger partial charge in [-0.3, -0.25) is 4.79 Å². The molecule has 3 rings (SSSR count). The van der Waals surface area contributed by atoms with Crippen molar-refractivity contribution in [3.63, 3.8) is 0 Å². The van der Waals surface area contributed by atoms with Crippen LogP contribution in [0.25, 0.3) is 0 Å². The molecule has 1 aromatic heterocycles. The highest BCUT2D eigenvalue weighted by molar-refractivity contribution is 5.79. The van der Waals surface area contributed by atoms with Gasteiger partial charge in [-0.1, -0.05) is 11.6 Å². The fraction of sp³-hybridized carbons (Fsp3) is 0.750. The summed E-state index contributed by atoms with van der Waals surface area (Å²) in [5, 5.41) is 3.75. The highest BCUT2D eigenvalue weighted by Crippen LogP contribution is 2.30. The van der Waals surface area contributed by atoms with Gasteiger partial charge in [-0.05, 0) is 19.8 Å². The van der Waals surface area contributed by atoms with Crippen LogP contribution in [-0.4, -0.2) is 40.6 Å². The van der Waals surface area contributed by atoms with E-state index in [9.17, 15) is 4.79 Å². The maximum atomic E-state index is 12.2. The Balaban J connectivity index is 1.66. The molecule has 1 aromatic rings. The van der Waals surface area contributed by atoms with E-state index in [2.05, 4.69) is 10.1 Å². The first-order valence-corrected chi connectivity index (χ1v) is 6.44. The second kappa shape index (κ2) is 4.68. The number of aryl methyl sites for hydroxylation is 1. The van der Waals surface area contributed by atoms with Crippen LogP contribution in [0.3, 0.4) is 0 Å². The van der Waals surface area contributed by atoms with Gasteiger partial charge in [0.15, 0.2) is 11.9 Å². The van der Waals surface area contributed by atoms with Gasteiger partial charge < -0.3 is 14.2 Å². The topological polar surface area (TPSA) is 68.5 Å². The normalized spacial score (nSPS) is 24.9. The van der Waals surface area contributed by atoms with E-state index in [0.29, 0.717) is 31.4 Å². The van der Waals surface area contributed by atoms with Crippen molar-refractivity contribution in [1.29, 1.82) is 0 Å². The van der Waals surface area contributed by atoms with Crippen molar-refractivity contribution >= 4 is 5.91 Å². The molecule has 18 heavy (non-hydrogen) atoms. The van der Waals surface area contributed by atoms with Crippen LogP contribution >= 0.6 is 0 Å². The summed E-state index contributed by atoms with van der Waals surface area (Å²) in [6.07, 6.45) is 2.96. The third-order valence-electron chi connectivity index (χ3n) is 3.65. The number of carbonyl (C=O) groups is 1. The molecule has 2 heterocycles. The van der Waals surface area contributed by atoms with Gasteiger partial charge in [0.2, 0.25) is 5.91 Å². The monoisotopic (exact) mass is 251 g/mol. The van der Waals surface area contributed by atoms with E-state index in [0.717, 1.165) is 12.8 Å². The minimum absolute atomic E-state index is 0.230. The molecular weight excluding hydrogens is 234 g/mol. The molecule has 0 bridgehead atoms. The highest BCUT2D eigenvalue weighted by atomic mass is 16.5. The minimum Gasteiger partial charge on any atom is -0.365 e. The number of hydrogen-bond donors (Lipinski definition) is 0. The lowest BCUT2D eigenvalue weighted by molar-refractivity contribution is -0.146. The lowest BCUT2D eigenvalue weighted by atomic mass is 9.84. The number of amides is 1. The first-order valence-electron chi connectivity index (χ1n) is 6.44. The molecule has 6 nitrogen and oxygen atoms in total. The summed E-state index contributed by atoms with van der Waals surface area (Å²) in [6.45, 7) is 3.49. The van der Waals surface area contributed by atoms with Crippen molar-refractivity contribution in [3.05, 3.63) is 11.7 Å². The third kappa shape index (κ3) is 2.12. The zero-order valence-electron chi connectivity index (χ0n) is 10.5. The van der Waals surface area contributed by atoms with Crippen molar-refractivity contribution in [2.45, 2.75) is 32.3 Å². The lowest BCUT2D eigenvalue weighted by Gasteiger charge is -2.36. The van der Waals surface area contributed by atoms with E-state index in [-0.39, 0.29) is 17.9 Å². The van der Waals surface area contributed by atoms with Gasteiger partial charge in [-0.15, -0.1) is 0 Å². The molecule has 0 spiro atoms. The maximum absolute atomic E-state index is 12.2. The van der Waals surface area contributed by atoms with Crippen LogP contribution < -0.4 is 0 Å². The van der Waals surface area contributed by atoms with E-state index in [1.807, 2.05) is 4.90 Å². The quantitative estimate of drug-likeness (QED) is 0.786. The van der Waals surface area contributed by atoms with E-state index in [4.69, 9.17) is 9.26 Å². The molecular formula is C12H17N3O3. The van der Waals surface area contributed by atoms with Gasteiger partial charge in [0.1, 0.15) is 0 Å². The van der Waals surface area contributed by atoms with Gasteiger partial charge in [-0.2, -0.15) is 4.98 Å². The van der Waals surface area contributed by atoms with Crippen LogP contribution in [0.2, 0.25) is 0 Å². The summed E-state index contributed by atoms with van der Waals surface area (Å²) in [4.78, 5) is 18.2. The Hall–Kier alpha value is -1.43. The molecule has 1 amide bonds. The Labute approximate surface area is 105 Å². The minimum atomic E-state index is -0.274. The van der Waals surface area contributed by atoms with Gasteiger partial charge in [0.05, 0.1) is 13.2 Å². The van der Waals surface area contributed by atoms with E-state index >= 15 is 0 Å². The van der Waals surface area contributed by atoms with Gasteiger partial charge >= 0.3 is 0 Å². The molecule has 1 saturated carbocycles. The summed E-state index contributed by atoms with van der Waals surface area (Å²) in [6, 6.07) is 0. The largest absolute Gasteiger partial charge is 0.365 e. The average molecular weight is 251 g/mol. The fourth-order valence-corrected chi connectivity index (χ4v) is 2.36. The first-order chi connectivity index (χ1) is 8.74. The summed E-state index contributed by atoms with van der Waals surface area (Å²) in [5.74, 6) is 1.55. The van der Waals surface area contributed by atoms with Crippen molar-refractivity contribution in [2.24, 2.45) is 5.92 Å². The molecule has 2 aliphatic rings. The molecule has 1 saturated heterocycles. The van der Waals surface area contributed by atoms with Crippen LogP contribution in [0.15, 0.2) is 4.52 Å². The smallest absolute Gasteiger partial charge is 0.257 e. The molecule has 1 atom stereocenters. The predicted octanol–water partition coefficient (Wildman–Crippen LogP) is 1.08. The van der Waals surface area contributed by atoms with Crippen molar-refractivity contribution in [3.8, 4) is 0 Å². The molecule has 0 aromatic carbocycles. The number of ether oxygens (including phenoxy) is 1. The van der Waals surface area contributed by atoms with Crippen LogP contribution in [0, 0.1) is 12.8 Å². The van der Waals surface area contributed by atoms with Crippen LogP contribution in [0.1, 0.15) is 37.1 Å². The molecule has 6 heteroatoms. The van der Waals surface area contributed by atoms with Gasteiger partial charge in [0.25, 0.3) is 5.89 Å².